The summed E-state index contributed by atoms with van der Waals surface area (Å²) in [4.78, 5) is 9.74. The van der Waals surface area contributed by atoms with Gasteiger partial charge in [-0.25, -0.2) is 0 Å². The molecule has 9 rings (SSSR count). The summed E-state index contributed by atoms with van der Waals surface area (Å²) < 4.78 is 93.5. The first-order valence-corrected chi connectivity index (χ1v) is 40.9. The van der Waals surface area contributed by atoms with Crippen molar-refractivity contribution in [3.63, 3.8) is 0 Å². The molecule has 5 aromatic carbocycles. The first-order chi connectivity index (χ1) is 53.3. The fraction of sp³-hybridized carbons (Fsp3) is 0.659. The van der Waals surface area contributed by atoms with Gasteiger partial charge < -0.3 is 75.8 Å². The molecular weight excluding hydrogens is 1370 g/mol. The molecule has 0 N–H and O–H groups in total. The first-order valence-electron chi connectivity index (χ1n) is 40.9. The van der Waals surface area contributed by atoms with Crippen molar-refractivity contribution >= 4 is 0 Å². The van der Waals surface area contributed by atoms with Crippen LogP contribution >= 0.6 is 0 Å². The summed E-state index contributed by atoms with van der Waals surface area (Å²) in [6.07, 6.45) is 4.07. The molecule has 20 nitrogen and oxygen atoms in total. The van der Waals surface area contributed by atoms with Crippen molar-refractivity contribution < 1.29 is 75.8 Å². The number of hydrogen-bond donors (Lipinski definition) is 0. The first kappa shape index (κ1) is 87.3. The van der Waals surface area contributed by atoms with Crippen molar-refractivity contribution in [2.75, 3.05) is 264 Å². The number of hydrogen-bond acceptors (Lipinski definition) is 20. The standard InChI is InChI=1S/C88H134N4O16/c1-73(81-13-5-77(6-14-81)69-89-25-33-93-41-49-101-57-58-102-50-42-94-34-26-89)65-87(66-74(2)82-15-7-78(8-16-82)70-90-27-35-95-43-51-103-59-60-104-52-44-96-36-28-90)85-21-23-86(24-22-85)88(67-75(3)83-17-9-79(10-18-83)71-91-29-37-97-45-53-105-61-62-106-54-46-98-38-30-91)68-76(4)84-19-11-80(12-20-84)72-92-31-39-99-47-55-107-63-64-108-56-48-100-40-32-92/h5-24,73-76,87-88H,25-72H2,1-4H3. The van der Waals surface area contributed by atoms with E-state index in [1.807, 2.05) is 0 Å². The third kappa shape index (κ3) is 35.6. The van der Waals surface area contributed by atoms with Gasteiger partial charge in [0.2, 0.25) is 0 Å². The Bertz CT molecular complexity index is 2580. The smallest absolute Gasteiger partial charge is 0.0701 e. The minimum atomic E-state index is 0.304. The van der Waals surface area contributed by atoms with Crippen LogP contribution in [-0.2, 0) is 102 Å². The van der Waals surface area contributed by atoms with E-state index < -0.39 is 0 Å². The van der Waals surface area contributed by atoms with E-state index in [9.17, 15) is 0 Å². The van der Waals surface area contributed by atoms with E-state index in [1.54, 1.807) is 0 Å². The van der Waals surface area contributed by atoms with Gasteiger partial charge in [-0.15, -0.1) is 0 Å². The Labute approximate surface area is 648 Å². The van der Waals surface area contributed by atoms with Crippen molar-refractivity contribution in [2.45, 2.75) is 115 Å². The van der Waals surface area contributed by atoms with Crippen LogP contribution in [0.2, 0.25) is 0 Å². The molecule has 602 valence electrons. The molecule has 4 aliphatic rings. The lowest BCUT2D eigenvalue weighted by Crippen LogP contribution is -2.31. The van der Waals surface area contributed by atoms with Crippen LogP contribution in [0.3, 0.4) is 0 Å². The molecule has 0 spiro atoms. The molecule has 0 bridgehead atoms. The van der Waals surface area contributed by atoms with E-state index in [2.05, 4.69) is 169 Å². The summed E-state index contributed by atoms with van der Waals surface area (Å²) in [5, 5.41) is 0. The topological polar surface area (TPSA) is 161 Å². The van der Waals surface area contributed by atoms with E-state index in [0.717, 1.165) is 104 Å². The van der Waals surface area contributed by atoms with Crippen LogP contribution in [-0.4, -0.2) is 283 Å². The lowest BCUT2D eigenvalue weighted by molar-refractivity contribution is 0.00206. The number of ether oxygens (including phenoxy) is 16. The Balaban J connectivity index is 0.934. The third-order valence-corrected chi connectivity index (χ3v) is 21.1. The minimum absolute atomic E-state index is 0.304. The van der Waals surface area contributed by atoms with Gasteiger partial charge in [0.25, 0.3) is 0 Å². The fourth-order valence-electron chi connectivity index (χ4n) is 14.5. The van der Waals surface area contributed by atoms with Crippen molar-refractivity contribution in [1.82, 2.24) is 19.6 Å². The highest BCUT2D eigenvalue weighted by atomic mass is 16.6. The Morgan fingerprint density at radius 1 is 0.185 bits per heavy atom. The largest absolute Gasteiger partial charge is 0.378 e. The van der Waals surface area contributed by atoms with Gasteiger partial charge in [-0.1, -0.05) is 149 Å². The molecule has 4 unspecified atom stereocenters. The van der Waals surface area contributed by atoms with Crippen LogP contribution in [0.5, 0.6) is 0 Å². The second kappa shape index (κ2) is 54.1. The molecule has 4 heterocycles. The number of nitrogens with zero attached hydrogens (tertiary/aromatic N) is 4. The summed E-state index contributed by atoms with van der Waals surface area (Å²) >= 11 is 0. The van der Waals surface area contributed by atoms with E-state index in [-0.39, 0.29) is 0 Å². The molecule has 0 radical (unpaired) electrons. The van der Waals surface area contributed by atoms with Gasteiger partial charge in [0, 0.05) is 78.5 Å². The predicted octanol–water partition coefficient (Wildman–Crippen LogP) is 12.2. The van der Waals surface area contributed by atoms with Crippen LogP contribution in [0, 0.1) is 0 Å². The van der Waals surface area contributed by atoms with Crippen LogP contribution in [0.4, 0.5) is 0 Å². The average molecular weight is 1500 g/mol. The Kier molecular flexibility index (Phi) is 43.7. The van der Waals surface area contributed by atoms with Gasteiger partial charge in [-0.2, -0.15) is 0 Å². The van der Waals surface area contributed by atoms with Gasteiger partial charge in [0.15, 0.2) is 0 Å². The molecule has 4 saturated heterocycles. The van der Waals surface area contributed by atoms with Crippen molar-refractivity contribution in [3.8, 4) is 0 Å². The highest BCUT2D eigenvalue weighted by Crippen LogP contribution is 2.41. The van der Waals surface area contributed by atoms with Crippen molar-refractivity contribution in [1.29, 1.82) is 0 Å². The zero-order valence-electron chi connectivity index (χ0n) is 66.3. The summed E-state index contributed by atoms with van der Waals surface area (Å²) in [6.45, 7) is 38.4. The maximum Gasteiger partial charge on any atom is 0.0701 e. The number of rotatable bonds is 22. The van der Waals surface area contributed by atoms with E-state index >= 15 is 0 Å². The molecule has 0 aliphatic carbocycles. The average Bonchev–Trinajstić information content (AvgIpc) is 0.827. The zero-order valence-corrected chi connectivity index (χ0v) is 66.3. The summed E-state index contributed by atoms with van der Waals surface area (Å²) in [5.74, 6) is 1.88. The maximum atomic E-state index is 6.00. The molecule has 108 heavy (non-hydrogen) atoms. The Morgan fingerprint density at radius 2 is 0.315 bits per heavy atom. The molecule has 20 heteroatoms. The molecule has 4 atom stereocenters. The van der Waals surface area contributed by atoms with Crippen LogP contribution < -0.4 is 0 Å². The Hall–Kier alpha value is -4.70. The van der Waals surface area contributed by atoms with E-state index in [1.165, 1.54) is 55.6 Å². The molecule has 0 aromatic heterocycles. The normalized spacial score (nSPS) is 21.6. The van der Waals surface area contributed by atoms with Crippen molar-refractivity contribution in [3.05, 3.63) is 177 Å². The minimum Gasteiger partial charge on any atom is -0.378 e. The molecule has 4 fully saturated rings. The molecular formula is C88H134N4O16. The second-order valence-electron chi connectivity index (χ2n) is 29.5. The van der Waals surface area contributed by atoms with E-state index in [0.29, 0.717) is 247 Å². The number of benzene rings is 5. The lowest BCUT2D eigenvalue weighted by atomic mass is 9.77. The van der Waals surface area contributed by atoms with Gasteiger partial charge >= 0.3 is 0 Å². The predicted molar refractivity (Wildman–Crippen MR) is 424 cm³/mol. The van der Waals surface area contributed by atoms with Gasteiger partial charge in [0.1, 0.15) is 0 Å². The fourth-order valence-corrected chi connectivity index (χ4v) is 14.5. The molecule has 0 amide bonds. The summed E-state index contributed by atoms with van der Waals surface area (Å²) in [6, 6.07) is 47.6. The quantitative estimate of drug-likeness (QED) is 0.0643. The van der Waals surface area contributed by atoms with Gasteiger partial charge in [-0.3, -0.25) is 19.6 Å². The van der Waals surface area contributed by atoms with Gasteiger partial charge in [0.05, 0.1) is 211 Å². The molecule has 0 saturated carbocycles. The summed E-state index contributed by atoms with van der Waals surface area (Å²) in [7, 11) is 0. The Morgan fingerprint density at radius 3 is 0.463 bits per heavy atom. The van der Waals surface area contributed by atoms with Crippen LogP contribution in [0.1, 0.15) is 145 Å². The SMILES string of the molecule is CC(CC(CC(C)c1ccc(CN2CCOCCOCCOCCOCC2)cc1)c1ccc(C(CC(C)c2ccc(CN3CCOCCOCCOCCOCC3)cc2)CC(C)c2ccc(CN3CCOCCOCCOCCOCC3)cc2)cc1)c1ccc(CN2CCOCCOCCOCCOCC2)cc1. The second-order valence-corrected chi connectivity index (χ2v) is 29.5. The molecule has 5 aromatic rings. The van der Waals surface area contributed by atoms with E-state index in [4.69, 9.17) is 75.8 Å². The molecule has 4 aliphatic heterocycles. The van der Waals surface area contributed by atoms with Crippen molar-refractivity contribution in [2.24, 2.45) is 0 Å². The third-order valence-electron chi connectivity index (χ3n) is 21.1. The highest BCUT2D eigenvalue weighted by Gasteiger charge is 2.25. The van der Waals surface area contributed by atoms with Crippen LogP contribution in [0.25, 0.3) is 0 Å². The highest BCUT2D eigenvalue weighted by molar-refractivity contribution is 5.34. The van der Waals surface area contributed by atoms with Crippen LogP contribution in [0.15, 0.2) is 121 Å². The van der Waals surface area contributed by atoms with Gasteiger partial charge in [-0.05, 0) is 117 Å². The lowest BCUT2D eigenvalue weighted by Gasteiger charge is -2.28. The summed E-state index contributed by atoms with van der Waals surface area (Å²) in [5.41, 5.74) is 13.4. The monoisotopic (exact) mass is 1500 g/mol. The zero-order chi connectivity index (χ0) is 74.9. The maximum absolute atomic E-state index is 6.00.